The third-order valence-electron chi connectivity index (χ3n) is 2.96. The highest BCUT2D eigenvalue weighted by Gasteiger charge is 2.03. The molecule has 0 aromatic carbocycles. The quantitative estimate of drug-likeness (QED) is 0.607. The summed E-state index contributed by atoms with van der Waals surface area (Å²) in [6, 6.07) is 0. The van der Waals surface area contributed by atoms with E-state index in [2.05, 4.69) is 21.7 Å². The van der Waals surface area contributed by atoms with E-state index in [0.29, 0.717) is 0 Å². The molecule has 1 N–H and O–H groups in total. The second-order valence-corrected chi connectivity index (χ2v) is 4.42. The molecule has 0 saturated heterocycles. The van der Waals surface area contributed by atoms with Gasteiger partial charge in [-0.3, -0.25) is 4.68 Å². The minimum Gasteiger partial charge on any atom is -0.311 e. The Bertz CT molecular complexity index is 354. The monoisotopic (exact) mass is 220 g/mol. The van der Waals surface area contributed by atoms with E-state index in [1.807, 2.05) is 13.2 Å². The van der Waals surface area contributed by atoms with E-state index in [-0.39, 0.29) is 0 Å². The topological polar surface area (TPSA) is 42.7 Å². The van der Waals surface area contributed by atoms with Crippen molar-refractivity contribution in [1.29, 1.82) is 0 Å². The van der Waals surface area contributed by atoms with Crippen LogP contribution in [0.1, 0.15) is 37.8 Å². The number of rotatable bonds is 5. The number of aromatic nitrogens is 3. The minimum absolute atomic E-state index is 0.821. The van der Waals surface area contributed by atoms with Gasteiger partial charge in [0.25, 0.3) is 0 Å². The minimum atomic E-state index is 0.821. The lowest BCUT2D eigenvalue weighted by Gasteiger charge is -2.12. The van der Waals surface area contributed by atoms with Crippen molar-refractivity contribution in [3.05, 3.63) is 23.5 Å². The molecule has 4 heteroatoms. The maximum atomic E-state index is 4.04. The fraction of sp³-hybridized carbons (Fsp3) is 0.667. The van der Waals surface area contributed by atoms with E-state index in [1.54, 1.807) is 10.3 Å². The third kappa shape index (κ3) is 3.45. The largest absolute Gasteiger partial charge is 0.311 e. The van der Waals surface area contributed by atoms with Gasteiger partial charge >= 0.3 is 0 Å². The average molecular weight is 220 g/mol. The second kappa shape index (κ2) is 5.80. The molecular formula is C12H20N4. The molecule has 0 radical (unpaired) electrons. The highest BCUT2D eigenvalue weighted by molar-refractivity contribution is 5.05. The van der Waals surface area contributed by atoms with Crippen LogP contribution in [0.4, 0.5) is 0 Å². The SMILES string of the molecule is Cn1cc(CNCCC2=CCCCC2)nn1. The number of hydrogen-bond donors (Lipinski definition) is 1. The van der Waals surface area contributed by atoms with Gasteiger partial charge < -0.3 is 5.32 Å². The second-order valence-electron chi connectivity index (χ2n) is 4.42. The zero-order chi connectivity index (χ0) is 11.2. The van der Waals surface area contributed by atoms with E-state index in [0.717, 1.165) is 18.8 Å². The van der Waals surface area contributed by atoms with Crippen molar-refractivity contribution in [3.63, 3.8) is 0 Å². The van der Waals surface area contributed by atoms with Crippen molar-refractivity contribution >= 4 is 0 Å². The van der Waals surface area contributed by atoms with Gasteiger partial charge in [0.1, 0.15) is 0 Å². The average Bonchev–Trinajstić information content (AvgIpc) is 2.72. The first kappa shape index (κ1) is 11.3. The van der Waals surface area contributed by atoms with Crippen LogP contribution in [0.15, 0.2) is 17.8 Å². The molecule has 0 saturated carbocycles. The van der Waals surface area contributed by atoms with Crippen LogP contribution < -0.4 is 5.32 Å². The molecule has 2 rings (SSSR count). The van der Waals surface area contributed by atoms with Crippen LogP contribution in [0.3, 0.4) is 0 Å². The zero-order valence-corrected chi connectivity index (χ0v) is 9.95. The Labute approximate surface area is 96.7 Å². The normalized spacial score (nSPS) is 16.2. The van der Waals surface area contributed by atoms with E-state index >= 15 is 0 Å². The van der Waals surface area contributed by atoms with E-state index < -0.39 is 0 Å². The molecule has 0 fully saturated rings. The van der Waals surface area contributed by atoms with Crippen molar-refractivity contribution in [3.8, 4) is 0 Å². The van der Waals surface area contributed by atoms with Gasteiger partial charge in [0.05, 0.1) is 5.69 Å². The van der Waals surface area contributed by atoms with E-state index in [1.165, 1.54) is 32.1 Å². The molecule has 16 heavy (non-hydrogen) atoms. The number of hydrogen-bond acceptors (Lipinski definition) is 3. The van der Waals surface area contributed by atoms with Gasteiger partial charge in [0, 0.05) is 19.8 Å². The van der Waals surface area contributed by atoms with Gasteiger partial charge in [-0.15, -0.1) is 5.10 Å². The number of allylic oxidation sites excluding steroid dienone is 1. The Morgan fingerprint density at radius 1 is 1.44 bits per heavy atom. The predicted molar refractivity (Wildman–Crippen MR) is 63.9 cm³/mol. The Hall–Kier alpha value is -1.16. The molecule has 0 bridgehead atoms. The van der Waals surface area contributed by atoms with Crippen LogP contribution in [0, 0.1) is 0 Å². The predicted octanol–water partition coefficient (Wildman–Crippen LogP) is 1.80. The highest BCUT2D eigenvalue weighted by Crippen LogP contribution is 2.19. The molecule has 1 aliphatic rings. The fourth-order valence-corrected chi connectivity index (χ4v) is 2.07. The third-order valence-corrected chi connectivity index (χ3v) is 2.96. The summed E-state index contributed by atoms with van der Waals surface area (Å²) < 4.78 is 1.74. The van der Waals surface area contributed by atoms with Crippen LogP contribution >= 0.6 is 0 Å². The van der Waals surface area contributed by atoms with E-state index in [9.17, 15) is 0 Å². The molecule has 1 aromatic heterocycles. The summed E-state index contributed by atoms with van der Waals surface area (Å²) in [6.45, 7) is 1.86. The van der Waals surface area contributed by atoms with Gasteiger partial charge in [0.2, 0.25) is 0 Å². The van der Waals surface area contributed by atoms with Crippen molar-refractivity contribution in [1.82, 2.24) is 20.3 Å². The number of nitrogens with zero attached hydrogens (tertiary/aromatic N) is 3. The summed E-state index contributed by atoms with van der Waals surface area (Å²) in [4.78, 5) is 0. The lowest BCUT2D eigenvalue weighted by atomic mass is 9.97. The van der Waals surface area contributed by atoms with Crippen LogP contribution in [0.2, 0.25) is 0 Å². The molecule has 0 aliphatic heterocycles. The highest BCUT2D eigenvalue weighted by atomic mass is 15.4. The Morgan fingerprint density at radius 2 is 2.38 bits per heavy atom. The van der Waals surface area contributed by atoms with Gasteiger partial charge in [-0.25, -0.2) is 0 Å². The van der Waals surface area contributed by atoms with Gasteiger partial charge in [-0.2, -0.15) is 0 Å². The summed E-state index contributed by atoms with van der Waals surface area (Å²) in [5.74, 6) is 0. The van der Waals surface area contributed by atoms with Crippen LogP contribution in [-0.4, -0.2) is 21.5 Å². The summed E-state index contributed by atoms with van der Waals surface area (Å²) in [6.07, 6.45) is 10.9. The molecule has 0 unspecified atom stereocenters. The molecule has 4 nitrogen and oxygen atoms in total. The summed E-state index contributed by atoms with van der Waals surface area (Å²) >= 11 is 0. The van der Waals surface area contributed by atoms with Crippen molar-refractivity contribution in [2.24, 2.45) is 7.05 Å². The molecule has 1 aromatic rings. The molecular weight excluding hydrogens is 200 g/mol. The lowest BCUT2D eigenvalue weighted by molar-refractivity contribution is 0.626. The number of aryl methyl sites for hydroxylation is 1. The van der Waals surface area contributed by atoms with Crippen molar-refractivity contribution in [2.75, 3.05) is 6.54 Å². The van der Waals surface area contributed by atoms with Gasteiger partial charge in [-0.1, -0.05) is 16.9 Å². The van der Waals surface area contributed by atoms with Crippen molar-refractivity contribution in [2.45, 2.75) is 38.6 Å². The van der Waals surface area contributed by atoms with Gasteiger partial charge in [0.15, 0.2) is 0 Å². The Kier molecular flexibility index (Phi) is 4.10. The number of nitrogens with one attached hydrogen (secondary N) is 1. The molecule has 0 amide bonds. The fourth-order valence-electron chi connectivity index (χ4n) is 2.07. The molecule has 1 aliphatic carbocycles. The molecule has 1 heterocycles. The summed E-state index contributed by atoms with van der Waals surface area (Å²) in [7, 11) is 1.89. The summed E-state index contributed by atoms with van der Waals surface area (Å²) in [5.41, 5.74) is 2.64. The first-order valence-electron chi connectivity index (χ1n) is 6.08. The van der Waals surface area contributed by atoms with Crippen LogP contribution in [-0.2, 0) is 13.6 Å². The molecule has 0 spiro atoms. The molecule has 88 valence electrons. The maximum Gasteiger partial charge on any atom is 0.0964 e. The first-order chi connectivity index (χ1) is 7.84. The maximum absolute atomic E-state index is 4.04. The summed E-state index contributed by atoms with van der Waals surface area (Å²) in [5, 5.41) is 11.3. The standard InChI is InChI=1S/C12H20N4/c1-16-10-12(14-15-16)9-13-8-7-11-5-3-2-4-6-11/h5,10,13H,2-4,6-9H2,1H3. The van der Waals surface area contributed by atoms with Crippen LogP contribution in [0.5, 0.6) is 0 Å². The van der Waals surface area contributed by atoms with Gasteiger partial charge in [-0.05, 0) is 38.6 Å². The Balaban J connectivity index is 1.63. The lowest BCUT2D eigenvalue weighted by Crippen LogP contribution is -2.16. The Morgan fingerprint density at radius 3 is 3.06 bits per heavy atom. The zero-order valence-electron chi connectivity index (χ0n) is 9.95. The van der Waals surface area contributed by atoms with E-state index in [4.69, 9.17) is 0 Å². The first-order valence-corrected chi connectivity index (χ1v) is 6.08. The smallest absolute Gasteiger partial charge is 0.0964 e. The van der Waals surface area contributed by atoms with Crippen LogP contribution in [0.25, 0.3) is 0 Å². The molecule has 0 atom stereocenters. The van der Waals surface area contributed by atoms with Crippen molar-refractivity contribution < 1.29 is 0 Å².